The number of carboxylic acids is 1. The van der Waals surface area contributed by atoms with Crippen LogP contribution in [0, 0.1) is 11.3 Å². The molecule has 1 aliphatic heterocycles. The van der Waals surface area contributed by atoms with Crippen molar-refractivity contribution in [2.75, 3.05) is 19.8 Å². The Hall–Kier alpha value is -1.10. The van der Waals surface area contributed by atoms with Crippen LogP contribution in [0.25, 0.3) is 0 Å². The van der Waals surface area contributed by atoms with Gasteiger partial charge in [0, 0.05) is 19.8 Å². The molecule has 1 fully saturated rings. The molecule has 0 bridgehead atoms. The maximum absolute atomic E-state index is 11.6. The van der Waals surface area contributed by atoms with E-state index in [1.807, 2.05) is 0 Å². The number of ether oxygens (including phenoxy) is 1. The van der Waals surface area contributed by atoms with Crippen molar-refractivity contribution in [1.29, 1.82) is 0 Å². The number of rotatable bonds is 4. The Morgan fingerprint density at radius 3 is 2.44 bits per heavy atom. The molecule has 5 heteroatoms. The second kappa shape index (κ2) is 5.30. The smallest absolute Gasteiger partial charge is 0.318 e. The highest BCUT2D eigenvalue weighted by molar-refractivity contribution is 6.00. The molecule has 2 N–H and O–H groups in total. The second-order valence-corrected chi connectivity index (χ2v) is 4.70. The van der Waals surface area contributed by atoms with Crippen LogP contribution in [0.4, 0.5) is 0 Å². The first-order chi connectivity index (χ1) is 7.44. The monoisotopic (exact) mass is 229 g/mol. The number of nitrogens with one attached hydrogen (secondary N) is 1. The molecule has 1 aliphatic rings. The van der Waals surface area contributed by atoms with Gasteiger partial charge in [0.2, 0.25) is 5.91 Å². The van der Waals surface area contributed by atoms with Crippen LogP contribution in [-0.4, -0.2) is 36.7 Å². The van der Waals surface area contributed by atoms with Crippen molar-refractivity contribution in [2.24, 2.45) is 11.3 Å². The van der Waals surface area contributed by atoms with E-state index in [1.165, 1.54) is 13.8 Å². The van der Waals surface area contributed by atoms with Crippen molar-refractivity contribution in [2.45, 2.75) is 26.7 Å². The Labute approximate surface area is 95.2 Å². The minimum atomic E-state index is -1.36. The molecule has 0 unspecified atom stereocenters. The number of amides is 1. The number of carbonyl (C=O) groups is 2. The third-order valence-corrected chi connectivity index (χ3v) is 2.99. The van der Waals surface area contributed by atoms with Crippen LogP contribution in [0.15, 0.2) is 0 Å². The summed E-state index contributed by atoms with van der Waals surface area (Å²) in [6.45, 7) is 4.81. The predicted octanol–water partition coefficient (Wildman–Crippen LogP) is 0.640. The molecule has 0 atom stereocenters. The van der Waals surface area contributed by atoms with Gasteiger partial charge >= 0.3 is 5.97 Å². The van der Waals surface area contributed by atoms with E-state index in [1.54, 1.807) is 0 Å². The van der Waals surface area contributed by atoms with Crippen LogP contribution in [0.1, 0.15) is 26.7 Å². The van der Waals surface area contributed by atoms with E-state index in [0.717, 1.165) is 26.1 Å². The van der Waals surface area contributed by atoms with Gasteiger partial charge in [0.25, 0.3) is 0 Å². The molecule has 0 radical (unpaired) electrons. The summed E-state index contributed by atoms with van der Waals surface area (Å²) in [5.41, 5.74) is -1.36. The average molecular weight is 229 g/mol. The van der Waals surface area contributed by atoms with Gasteiger partial charge in [-0.3, -0.25) is 9.59 Å². The molecule has 0 aliphatic carbocycles. The highest BCUT2D eigenvalue weighted by Crippen LogP contribution is 2.17. The first kappa shape index (κ1) is 13.0. The maximum Gasteiger partial charge on any atom is 0.318 e. The molecule has 16 heavy (non-hydrogen) atoms. The number of aliphatic carboxylic acids is 1. The zero-order chi connectivity index (χ0) is 12.2. The van der Waals surface area contributed by atoms with Crippen LogP contribution >= 0.6 is 0 Å². The quantitative estimate of drug-likeness (QED) is 0.694. The van der Waals surface area contributed by atoms with Crippen molar-refractivity contribution in [3.05, 3.63) is 0 Å². The minimum absolute atomic E-state index is 0.405. The largest absolute Gasteiger partial charge is 0.480 e. The van der Waals surface area contributed by atoms with E-state index in [9.17, 15) is 9.59 Å². The fourth-order valence-corrected chi connectivity index (χ4v) is 1.51. The molecule has 0 aromatic heterocycles. The minimum Gasteiger partial charge on any atom is -0.480 e. The molecular weight excluding hydrogens is 210 g/mol. The Morgan fingerprint density at radius 1 is 1.38 bits per heavy atom. The summed E-state index contributed by atoms with van der Waals surface area (Å²) in [5, 5.41) is 11.6. The van der Waals surface area contributed by atoms with Gasteiger partial charge in [-0.1, -0.05) is 0 Å². The van der Waals surface area contributed by atoms with Crippen molar-refractivity contribution in [1.82, 2.24) is 5.32 Å². The summed E-state index contributed by atoms with van der Waals surface area (Å²) < 4.78 is 5.21. The zero-order valence-electron chi connectivity index (χ0n) is 9.78. The lowest BCUT2D eigenvalue weighted by molar-refractivity contribution is -0.153. The fraction of sp³-hybridized carbons (Fsp3) is 0.818. The van der Waals surface area contributed by atoms with E-state index in [0.29, 0.717) is 12.5 Å². The number of hydrogen-bond donors (Lipinski definition) is 2. The van der Waals surface area contributed by atoms with Gasteiger partial charge < -0.3 is 15.2 Å². The van der Waals surface area contributed by atoms with Crippen molar-refractivity contribution < 1.29 is 19.4 Å². The summed E-state index contributed by atoms with van der Waals surface area (Å²) >= 11 is 0. The van der Waals surface area contributed by atoms with Gasteiger partial charge in [0.15, 0.2) is 0 Å². The Bertz CT molecular complexity index is 269. The standard InChI is InChI=1S/C11H19NO4/c1-11(2,10(14)15)9(13)12-7-8-3-5-16-6-4-8/h8H,3-7H2,1-2H3,(H,12,13)(H,14,15). The molecule has 0 aromatic rings. The molecule has 92 valence electrons. The molecule has 1 rings (SSSR count). The van der Waals surface area contributed by atoms with E-state index in [-0.39, 0.29) is 0 Å². The van der Waals surface area contributed by atoms with Crippen LogP contribution in [0.2, 0.25) is 0 Å². The van der Waals surface area contributed by atoms with Crippen LogP contribution in [-0.2, 0) is 14.3 Å². The van der Waals surface area contributed by atoms with Gasteiger partial charge in [-0.15, -0.1) is 0 Å². The molecule has 1 heterocycles. The molecule has 0 spiro atoms. The van der Waals surface area contributed by atoms with Crippen molar-refractivity contribution in [3.8, 4) is 0 Å². The number of carboxylic acid groups (broad SMARTS) is 1. The van der Waals surface area contributed by atoms with Crippen LogP contribution < -0.4 is 5.32 Å². The van der Waals surface area contributed by atoms with E-state index < -0.39 is 17.3 Å². The summed E-state index contributed by atoms with van der Waals surface area (Å²) in [6, 6.07) is 0. The molecular formula is C11H19NO4. The topological polar surface area (TPSA) is 75.6 Å². The first-order valence-corrected chi connectivity index (χ1v) is 5.54. The summed E-state index contributed by atoms with van der Waals surface area (Å²) in [4.78, 5) is 22.5. The Morgan fingerprint density at radius 2 is 1.94 bits per heavy atom. The van der Waals surface area contributed by atoms with E-state index in [4.69, 9.17) is 9.84 Å². The summed E-state index contributed by atoms with van der Waals surface area (Å²) in [5.74, 6) is -1.12. The predicted molar refractivity (Wildman–Crippen MR) is 58.0 cm³/mol. The second-order valence-electron chi connectivity index (χ2n) is 4.70. The van der Waals surface area contributed by atoms with Crippen molar-refractivity contribution in [3.63, 3.8) is 0 Å². The lowest BCUT2D eigenvalue weighted by atomic mass is 9.92. The Balaban J connectivity index is 2.37. The molecule has 5 nitrogen and oxygen atoms in total. The van der Waals surface area contributed by atoms with Gasteiger partial charge in [-0.25, -0.2) is 0 Å². The first-order valence-electron chi connectivity index (χ1n) is 5.54. The maximum atomic E-state index is 11.6. The van der Waals surface area contributed by atoms with Gasteiger partial charge in [-0.2, -0.15) is 0 Å². The number of carbonyl (C=O) groups excluding carboxylic acids is 1. The lowest BCUT2D eigenvalue weighted by Gasteiger charge is -2.24. The summed E-state index contributed by atoms with van der Waals surface area (Å²) in [6.07, 6.45) is 1.85. The third-order valence-electron chi connectivity index (χ3n) is 2.99. The molecule has 1 amide bonds. The lowest BCUT2D eigenvalue weighted by Crippen LogP contribution is -2.44. The van der Waals surface area contributed by atoms with Crippen LogP contribution in [0.3, 0.4) is 0 Å². The SMILES string of the molecule is CC(C)(C(=O)O)C(=O)NCC1CCOCC1. The van der Waals surface area contributed by atoms with E-state index >= 15 is 0 Å². The van der Waals surface area contributed by atoms with Gasteiger partial charge in [0.1, 0.15) is 5.41 Å². The summed E-state index contributed by atoms with van der Waals surface area (Å²) in [7, 11) is 0. The van der Waals surface area contributed by atoms with Gasteiger partial charge in [0.05, 0.1) is 0 Å². The highest BCUT2D eigenvalue weighted by Gasteiger charge is 2.36. The van der Waals surface area contributed by atoms with Crippen LogP contribution in [0.5, 0.6) is 0 Å². The normalized spacial score (nSPS) is 18.1. The zero-order valence-corrected chi connectivity index (χ0v) is 9.78. The average Bonchev–Trinajstić information content (AvgIpc) is 2.27. The molecule has 1 saturated heterocycles. The van der Waals surface area contributed by atoms with E-state index in [2.05, 4.69) is 5.32 Å². The van der Waals surface area contributed by atoms with Crippen molar-refractivity contribution >= 4 is 11.9 Å². The molecule has 0 saturated carbocycles. The highest BCUT2D eigenvalue weighted by atomic mass is 16.5. The molecule has 0 aromatic carbocycles. The third kappa shape index (κ3) is 3.20. The van der Waals surface area contributed by atoms with Gasteiger partial charge in [-0.05, 0) is 32.6 Å². The Kier molecular flexibility index (Phi) is 4.29. The number of hydrogen-bond acceptors (Lipinski definition) is 3. The fourth-order valence-electron chi connectivity index (χ4n) is 1.51.